The Hall–Kier alpha value is -1.56. The van der Waals surface area contributed by atoms with Gasteiger partial charge in [0.2, 0.25) is 0 Å². The molecule has 1 aliphatic rings. The molecule has 1 aromatic heterocycles. The normalized spacial score (nSPS) is 32.6. The van der Waals surface area contributed by atoms with Gasteiger partial charge in [0, 0.05) is 17.8 Å². The van der Waals surface area contributed by atoms with Crippen molar-refractivity contribution in [2.75, 3.05) is 0 Å². The van der Waals surface area contributed by atoms with Crippen LogP contribution in [0.1, 0.15) is 18.8 Å². The Morgan fingerprint density at radius 2 is 2.29 bits per heavy atom. The lowest BCUT2D eigenvalue weighted by atomic mass is 10.0. The zero-order valence-corrected chi connectivity index (χ0v) is 9.54. The highest BCUT2D eigenvalue weighted by molar-refractivity contribution is 5.57. The molecule has 4 atom stereocenters. The molecule has 92 valence electrons. The van der Waals surface area contributed by atoms with Gasteiger partial charge in [0.15, 0.2) is 12.4 Å². The van der Waals surface area contributed by atoms with Gasteiger partial charge in [0.1, 0.15) is 12.4 Å². The predicted octanol–water partition coefficient (Wildman–Crippen LogP) is 0.622. The van der Waals surface area contributed by atoms with Crippen LogP contribution in [0.2, 0.25) is 0 Å². The van der Waals surface area contributed by atoms with Gasteiger partial charge in [-0.1, -0.05) is 6.92 Å². The highest BCUT2D eigenvalue weighted by atomic mass is 19.1. The standard InChI is InChI=1S/C11H13FN2O3/c1-6-3-4-14(11(16)13-6)10-9(12)7(2)8(5-15)17-10/h3-5,7-10H,1-2H3. The topological polar surface area (TPSA) is 61.2 Å². The smallest absolute Gasteiger partial charge is 0.344 e. The van der Waals surface area contributed by atoms with E-state index in [1.165, 1.54) is 6.20 Å². The second kappa shape index (κ2) is 4.37. The summed E-state index contributed by atoms with van der Waals surface area (Å²) in [6, 6.07) is 1.59. The Bertz CT molecular complexity index is 488. The molecule has 2 rings (SSSR count). The largest absolute Gasteiger partial charge is 0.349 e. The van der Waals surface area contributed by atoms with Crippen molar-refractivity contribution in [1.29, 1.82) is 0 Å². The summed E-state index contributed by atoms with van der Waals surface area (Å²) < 4.78 is 20.2. The van der Waals surface area contributed by atoms with Crippen molar-refractivity contribution >= 4 is 6.29 Å². The lowest BCUT2D eigenvalue weighted by Gasteiger charge is -2.15. The molecule has 0 saturated carbocycles. The van der Waals surface area contributed by atoms with Crippen LogP contribution in [0.3, 0.4) is 0 Å². The predicted molar refractivity (Wildman–Crippen MR) is 57.3 cm³/mol. The molecule has 0 spiro atoms. The number of alkyl halides is 1. The number of carbonyl (C=O) groups is 1. The van der Waals surface area contributed by atoms with Gasteiger partial charge in [0.05, 0.1) is 0 Å². The Morgan fingerprint density at radius 1 is 1.59 bits per heavy atom. The Kier molecular flexibility index (Phi) is 3.06. The summed E-state index contributed by atoms with van der Waals surface area (Å²) in [5, 5.41) is 0. The third-order valence-corrected chi connectivity index (χ3v) is 2.97. The number of nitrogens with zero attached hydrogens (tertiary/aromatic N) is 2. The molecule has 0 amide bonds. The van der Waals surface area contributed by atoms with Crippen molar-refractivity contribution in [2.24, 2.45) is 5.92 Å². The van der Waals surface area contributed by atoms with Gasteiger partial charge in [0.25, 0.3) is 0 Å². The SMILES string of the molecule is Cc1ccn(C2OC(C=O)C(C)C2F)c(=O)n1. The maximum absolute atomic E-state index is 13.9. The molecular formula is C11H13FN2O3. The second-order valence-electron chi connectivity index (χ2n) is 4.19. The minimum atomic E-state index is -1.40. The summed E-state index contributed by atoms with van der Waals surface area (Å²) >= 11 is 0. The van der Waals surface area contributed by atoms with Gasteiger partial charge in [-0.05, 0) is 13.0 Å². The molecule has 4 unspecified atom stereocenters. The number of rotatable bonds is 2. The number of ether oxygens (including phenoxy) is 1. The van der Waals surface area contributed by atoms with Crippen LogP contribution in [0, 0.1) is 12.8 Å². The number of aldehydes is 1. The minimum Gasteiger partial charge on any atom is -0.344 e. The monoisotopic (exact) mass is 240 g/mol. The van der Waals surface area contributed by atoms with Gasteiger partial charge in [-0.2, -0.15) is 4.98 Å². The summed E-state index contributed by atoms with van der Waals surface area (Å²) in [5.74, 6) is -0.564. The van der Waals surface area contributed by atoms with Crippen molar-refractivity contribution in [3.8, 4) is 0 Å². The van der Waals surface area contributed by atoms with E-state index in [1.807, 2.05) is 0 Å². The average molecular weight is 240 g/mol. The molecule has 1 fully saturated rings. The molecule has 5 nitrogen and oxygen atoms in total. The van der Waals surface area contributed by atoms with E-state index in [4.69, 9.17) is 4.74 Å². The molecule has 1 aromatic rings. The molecule has 1 saturated heterocycles. The third-order valence-electron chi connectivity index (χ3n) is 2.97. The van der Waals surface area contributed by atoms with Gasteiger partial charge in [-0.3, -0.25) is 4.57 Å². The van der Waals surface area contributed by atoms with E-state index in [-0.39, 0.29) is 0 Å². The first kappa shape index (κ1) is 11.9. The van der Waals surface area contributed by atoms with Crippen LogP contribution in [-0.2, 0) is 9.53 Å². The fourth-order valence-corrected chi connectivity index (χ4v) is 1.87. The molecular weight excluding hydrogens is 227 g/mol. The van der Waals surface area contributed by atoms with Crippen LogP contribution in [0.25, 0.3) is 0 Å². The van der Waals surface area contributed by atoms with E-state index in [9.17, 15) is 14.0 Å². The number of aromatic nitrogens is 2. The van der Waals surface area contributed by atoms with Gasteiger partial charge in [-0.15, -0.1) is 0 Å². The van der Waals surface area contributed by atoms with E-state index in [2.05, 4.69) is 4.98 Å². The number of aryl methyl sites for hydroxylation is 1. The van der Waals surface area contributed by atoms with Gasteiger partial charge >= 0.3 is 5.69 Å². The first-order chi connectivity index (χ1) is 8.04. The molecule has 17 heavy (non-hydrogen) atoms. The zero-order chi connectivity index (χ0) is 12.6. The van der Waals surface area contributed by atoms with Crippen LogP contribution in [0.5, 0.6) is 0 Å². The fourth-order valence-electron chi connectivity index (χ4n) is 1.87. The van der Waals surface area contributed by atoms with Crippen molar-refractivity contribution in [3.63, 3.8) is 0 Å². The first-order valence-corrected chi connectivity index (χ1v) is 5.35. The van der Waals surface area contributed by atoms with Crippen LogP contribution in [-0.4, -0.2) is 28.1 Å². The van der Waals surface area contributed by atoms with Crippen LogP contribution < -0.4 is 5.69 Å². The lowest BCUT2D eigenvalue weighted by molar-refractivity contribution is -0.121. The maximum atomic E-state index is 13.9. The molecule has 0 aliphatic carbocycles. The van der Waals surface area contributed by atoms with Crippen LogP contribution in [0.4, 0.5) is 4.39 Å². The highest BCUT2D eigenvalue weighted by Crippen LogP contribution is 2.34. The van der Waals surface area contributed by atoms with Crippen molar-refractivity contribution < 1.29 is 13.9 Å². The molecule has 0 bridgehead atoms. The van der Waals surface area contributed by atoms with E-state index in [1.54, 1.807) is 19.9 Å². The van der Waals surface area contributed by atoms with Crippen molar-refractivity contribution in [1.82, 2.24) is 9.55 Å². The Morgan fingerprint density at radius 3 is 2.82 bits per heavy atom. The Labute approximate surface area is 97.2 Å². The first-order valence-electron chi connectivity index (χ1n) is 5.35. The van der Waals surface area contributed by atoms with Gasteiger partial charge in [-0.25, -0.2) is 9.18 Å². The third kappa shape index (κ3) is 2.00. The van der Waals surface area contributed by atoms with E-state index < -0.39 is 30.1 Å². The van der Waals surface area contributed by atoms with Crippen molar-refractivity contribution in [3.05, 3.63) is 28.4 Å². The van der Waals surface area contributed by atoms with Crippen molar-refractivity contribution in [2.45, 2.75) is 32.4 Å². The number of halogens is 1. The summed E-state index contributed by atoms with van der Waals surface area (Å²) in [6.45, 7) is 3.25. The summed E-state index contributed by atoms with van der Waals surface area (Å²) in [6.07, 6.45) is -1.29. The second-order valence-corrected chi connectivity index (χ2v) is 4.19. The Balaban J connectivity index is 2.35. The lowest BCUT2D eigenvalue weighted by Crippen LogP contribution is -2.31. The summed E-state index contributed by atoms with van der Waals surface area (Å²) in [4.78, 5) is 26.0. The molecule has 0 N–H and O–H groups in total. The number of hydrogen-bond donors (Lipinski definition) is 0. The molecule has 2 heterocycles. The van der Waals surface area contributed by atoms with Crippen LogP contribution in [0.15, 0.2) is 17.1 Å². The molecule has 0 aromatic carbocycles. The summed E-state index contributed by atoms with van der Waals surface area (Å²) in [7, 11) is 0. The number of hydrogen-bond acceptors (Lipinski definition) is 4. The zero-order valence-electron chi connectivity index (χ0n) is 9.54. The fraction of sp³-hybridized carbons (Fsp3) is 0.545. The highest BCUT2D eigenvalue weighted by Gasteiger charge is 2.43. The summed E-state index contributed by atoms with van der Waals surface area (Å²) in [5.41, 5.74) is -0.0176. The van der Waals surface area contributed by atoms with Crippen LogP contribution >= 0.6 is 0 Å². The molecule has 6 heteroatoms. The molecule has 0 radical (unpaired) electrons. The molecule has 1 aliphatic heterocycles. The van der Waals surface area contributed by atoms with E-state index in [0.717, 1.165) is 4.57 Å². The van der Waals surface area contributed by atoms with E-state index >= 15 is 0 Å². The van der Waals surface area contributed by atoms with Gasteiger partial charge < -0.3 is 9.53 Å². The minimum absolute atomic E-state index is 0.555. The maximum Gasteiger partial charge on any atom is 0.349 e. The quantitative estimate of drug-likeness (QED) is 0.711. The number of carbonyl (C=O) groups excluding carboxylic acids is 1. The van der Waals surface area contributed by atoms with E-state index in [0.29, 0.717) is 12.0 Å². The average Bonchev–Trinajstić information content (AvgIpc) is 2.57.